The summed E-state index contributed by atoms with van der Waals surface area (Å²) in [6, 6.07) is 12.7. The summed E-state index contributed by atoms with van der Waals surface area (Å²) in [7, 11) is 1.61. The maximum atomic E-state index is 11.9. The van der Waals surface area contributed by atoms with Gasteiger partial charge in [-0.1, -0.05) is 6.07 Å². The van der Waals surface area contributed by atoms with Crippen molar-refractivity contribution < 1.29 is 14.6 Å². The predicted octanol–water partition coefficient (Wildman–Crippen LogP) is 3.44. The standard InChI is InChI=1S/C16H17NO3S/c1-11-3-8-14(15(18)9-11)17-16(19)10-21-13-6-4-12(20-2)5-7-13/h3-9,18H,10H2,1-2H3,(H,17,19). The fourth-order valence-electron chi connectivity index (χ4n) is 1.75. The van der Waals surface area contributed by atoms with Gasteiger partial charge in [0.1, 0.15) is 11.5 Å². The molecule has 0 aliphatic carbocycles. The first-order chi connectivity index (χ1) is 10.1. The van der Waals surface area contributed by atoms with E-state index in [0.29, 0.717) is 5.69 Å². The van der Waals surface area contributed by atoms with Crippen LogP contribution in [0.2, 0.25) is 0 Å². The van der Waals surface area contributed by atoms with Crippen LogP contribution in [0, 0.1) is 6.92 Å². The van der Waals surface area contributed by atoms with Crippen LogP contribution in [0.25, 0.3) is 0 Å². The van der Waals surface area contributed by atoms with Crippen molar-refractivity contribution in [2.45, 2.75) is 11.8 Å². The van der Waals surface area contributed by atoms with Gasteiger partial charge in [-0.15, -0.1) is 11.8 Å². The lowest BCUT2D eigenvalue weighted by atomic mass is 10.2. The van der Waals surface area contributed by atoms with E-state index in [9.17, 15) is 9.90 Å². The Balaban J connectivity index is 1.89. The van der Waals surface area contributed by atoms with Crippen molar-refractivity contribution >= 4 is 23.4 Å². The lowest BCUT2D eigenvalue weighted by molar-refractivity contribution is -0.113. The number of carbonyl (C=O) groups is 1. The Hall–Kier alpha value is -2.14. The molecule has 0 unspecified atom stereocenters. The number of thioether (sulfide) groups is 1. The smallest absolute Gasteiger partial charge is 0.234 e. The number of aryl methyl sites for hydroxylation is 1. The number of anilines is 1. The molecule has 0 heterocycles. The Morgan fingerprint density at radius 3 is 2.57 bits per heavy atom. The van der Waals surface area contributed by atoms with Crippen molar-refractivity contribution in [3.63, 3.8) is 0 Å². The average Bonchev–Trinajstić information content (AvgIpc) is 2.48. The third-order valence-corrected chi connectivity index (χ3v) is 3.87. The lowest BCUT2D eigenvalue weighted by Gasteiger charge is -2.08. The molecule has 4 nitrogen and oxygen atoms in total. The zero-order chi connectivity index (χ0) is 15.2. The summed E-state index contributed by atoms with van der Waals surface area (Å²) in [4.78, 5) is 12.9. The van der Waals surface area contributed by atoms with Gasteiger partial charge in [0.2, 0.25) is 5.91 Å². The second-order valence-electron chi connectivity index (χ2n) is 4.53. The van der Waals surface area contributed by atoms with Gasteiger partial charge in [-0.2, -0.15) is 0 Å². The monoisotopic (exact) mass is 303 g/mol. The van der Waals surface area contributed by atoms with Crippen molar-refractivity contribution in [2.24, 2.45) is 0 Å². The summed E-state index contributed by atoms with van der Waals surface area (Å²) in [6.07, 6.45) is 0. The highest BCUT2D eigenvalue weighted by Crippen LogP contribution is 2.25. The fourth-order valence-corrected chi connectivity index (χ4v) is 2.45. The zero-order valence-corrected chi connectivity index (χ0v) is 12.7. The Morgan fingerprint density at radius 2 is 1.95 bits per heavy atom. The molecule has 0 radical (unpaired) electrons. The van der Waals surface area contributed by atoms with Gasteiger partial charge >= 0.3 is 0 Å². The maximum Gasteiger partial charge on any atom is 0.234 e. The number of nitrogens with one attached hydrogen (secondary N) is 1. The molecule has 21 heavy (non-hydrogen) atoms. The van der Waals surface area contributed by atoms with Gasteiger partial charge in [-0.05, 0) is 48.9 Å². The molecule has 0 spiro atoms. The van der Waals surface area contributed by atoms with E-state index in [1.54, 1.807) is 19.2 Å². The van der Waals surface area contributed by atoms with Gasteiger partial charge in [0, 0.05) is 4.90 Å². The maximum absolute atomic E-state index is 11.9. The average molecular weight is 303 g/mol. The SMILES string of the molecule is COc1ccc(SCC(=O)Nc2ccc(C)cc2O)cc1. The molecule has 2 rings (SSSR count). The minimum Gasteiger partial charge on any atom is -0.506 e. The number of benzene rings is 2. The van der Waals surface area contributed by atoms with Crippen LogP contribution in [0.3, 0.4) is 0 Å². The second-order valence-corrected chi connectivity index (χ2v) is 5.58. The first-order valence-corrected chi connectivity index (χ1v) is 7.43. The number of hydrogen-bond acceptors (Lipinski definition) is 4. The minimum absolute atomic E-state index is 0.0813. The van der Waals surface area contributed by atoms with Crippen LogP contribution in [0.15, 0.2) is 47.4 Å². The molecule has 0 aliphatic rings. The number of phenolic OH excluding ortho intramolecular Hbond substituents is 1. The normalized spacial score (nSPS) is 10.2. The quantitative estimate of drug-likeness (QED) is 0.656. The van der Waals surface area contributed by atoms with E-state index >= 15 is 0 Å². The molecular weight excluding hydrogens is 286 g/mol. The lowest BCUT2D eigenvalue weighted by Crippen LogP contribution is -2.14. The van der Waals surface area contributed by atoms with Gasteiger partial charge in [0.15, 0.2) is 0 Å². The molecule has 0 saturated heterocycles. The molecule has 2 aromatic carbocycles. The van der Waals surface area contributed by atoms with Crippen LogP contribution in [0.4, 0.5) is 5.69 Å². The first-order valence-electron chi connectivity index (χ1n) is 6.45. The topological polar surface area (TPSA) is 58.6 Å². The zero-order valence-electron chi connectivity index (χ0n) is 11.9. The number of amides is 1. The molecular formula is C16H17NO3S. The van der Waals surface area contributed by atoms with Crippen LogP contribution in [-0.2, 0) is 4.79 Å². The van der Waals surface area contributed by atoms with E-state index in [2.05, 4.69) is 5.32 Å². The summed E-state index contributed by atoms with van der Waals surface area (Å²) >= 11 is 1.43. The van der Waals surface area contributed by atoms with E-state index in [1.807, 2.05) is 37.3 Å². The highest BCUT2D eigenvalue weighted by Gasteiger charge is 2.07. The van der Waals surface area contributed by atoms with E-state index in [0.717, 1.165) is 16.2 Å². The number of carbonyl (C=O) groups excluding carboxylic acids is 1. The highest BCUT2D eigenvalue weighted by atomic mass is 32.2. The van der Waals surface area contributed by atoms with Gasteiger partial charge < -0.3 is 15.2 Å². The minimum atomic E-state index is -0.157. The third kappa shape index (κ3) is 4.43. The number of phenols is 1. The van der Waals surface area contributed by atoms with Crippen molar-refractivity contribution in [2.75, 3.05) is 18.2 Å². The van der Waals surface area contributed by atoms with Crippen molar-refractivity contribution in [1.82, 2.24) is 0 Å². The van der Waals surface area contributed by atoms with Crippen molar-refractivity contribution in [3.05, 3.63) is 48.0 Å². The fraction of sp³-hybridized carbons (Fsp3) is 0.188. The van der Waals surface area contributed by atoms with Crippen molar-refractivity contribution in [3.8, 4) is 11.5 Å². The van der Waals surface area contributed by atoms with Crippen LogP contribution in [-0.4, -0.2) is 23.9 Å². The summed E-state index contributed by atoms with van der Waals surface area (Å²) < 4.78 is 5.08. The molecule has 2 aromatic rings. The van der Waals surface area contributed by atoms with Gasteiger partial charge in [-0.25, -0.2) is 0 Å². The van der Waals surface area contributed by atoms with Crippen LogP contribution in [0.1, 0.15) is 5.56 Å². The van der Waals surface area contributed by atoms with Crippen molar-refractivity contribution in [1.29, 1.82) is 0 Å². The summed E-state index contributed by atoms with van der Waals surface area (Å²) in [5, 5.41) is 12.4. The van der Waals surface area contributed by atoms with Gasteiger partial charge in [-0.3, -0.25) is 4.79 Å². The number of methoxy groups -OCH3 is 1. The molecule has 0 bridgehead atoms. The molecule has 0 atom stereocenters. The molecule has 0 aliphatic heterocycles. The van der Waals surface area contributed by atoms with Gasteiger partial charge in [0.05, 0.1) is 18.6 Å². The summed E-state index contributed by atoms with van der Waals surface area (Å²) in [6.45, 7) is 1.88. The second kappa shape index (κ2) is 7.04. The first kappa shape index (κ1) is 15.3. The molecule has 0 fully saturated rings. The molecule has 1 amide bonds. The number of aromatic hydroxyl groups is 1. The Bertz CT molecular complexity index is 626. The largest absolute Gasteiger partial charge is 0.506 e. The molecule has 5 heteroatoms. The highest BCUT2D eigenvalue weighted by molar-refractivity contribution is 8.00. The van der Waals surface area contributed by atoms with Gasteiger partial charge in [0.25, 0.3) is 0 Å². The Labute approximate surface area is 128 Å². The number of ether oxygens (including phenoxy) is 1. The Kier molecular flexibility index (Phi) is 5.11. The molecule has 0 aromatic heterocycles. The summed E-state index contributed by atoms with van der Waals surface area (Å²) in [5.41, 5.74) is 1.37. The van der Waals surface area contributed by atoms with Crippen LogP contribution < -0.4 is 10.1 Å². The van der Waals surface area contributed by atoms with E-state index < -0.39 is 0 Å². The van der Waals surface area contributed by atoms with E-state index in [4.69, 9.17) is 4.74 Å². The molecule has 2 N–H and O–H groups in total. The molecule has 0 saturated carbocycles. The van der Waals surface area contributed by atoms with Crippen LogP contribution in [0.5, 0.6) is 11.5 Å². The van der Waals surface area contributed by atoms with Crippen LogP contribution >= 0.6 is 11.8 Å². The number of rotatable bonds is 5. The third-order valence-electron chi connectivity index (χ3n) is 2.86. The van der Waals surface area contributed by atoms with E-state index in [1.165, 1.54) is 11.8 Å². The van der Waals surface area contributed by atoms with E-state index in [-0.39, 0.29) is 17.4 Å². The Morgan fingerprint density at radius 1 is 1.24 bits per heavy atom. The molecule has 110 valence electrons. The number of hydrogen-bond donors (Lipinski definition) is 2. The summed E-state index contributed by atoms with van der Waals surface area (Å²) in [5.74, 6) is 0.987. The predicted molar refractivity (Wildman–Crippen MR) is 85.2 cm³/mol.